The Morgan fingerprint density at radius 2 is 2.20 bits per heavy atom. The Kier molecular flexibility index (Phi) is 5.60. The molecule has 10 heavy (non-hydrogen) atoms. The molecule has 0 bridgehead atoms. The third kappa shape index (κ3) is 3.16. The van der Waals surface area contributed by atoms with Crippen molar-refractivity contribution in [3.63, 3.8) is 0 Å². The van der Waals surface area contributed by atoms with E-state index < -0.39 is 0 Å². The number of hydrogen-bond acceptors (Lipinski definition) is 0. The van der Waals surface area contributed by atoms with E-state index in [9.17, 15) is 4.39 Å². The summed E-state index contributed by atoms with van der Waals surface area (Å²) in [5.74, 6) is -0.109. The average molecular weight is 207 g/mol. The minimum absolute atomic E-state index is 0.109. The maximum atomic E-state index is 12.8. The molecule has 0 saturated heterocycles. The highest BCUT2D eigenvalue weighted by atomic mass is 79.9. The molecule has 0 nitrogen and oxygen atoms in total. The van der Waals surface area contributed by atoms with Crippen molar-refractivity contribution in [2.24, 2.45) is 0 Å². The molecule has 0 radical (unpaired) electrons. The van der Waals surface area contributed by atoms with E-state index in [0.29, 0.717) is 5.33 Å². The molecular formula is C8H12BrF. The van der Waals surface area contributed by atoms with E-state index in [1.54, 1.807) is 13.0 Å². The molecule has 0 aromatic heterocycles. The summed E-state index contributed by atoms with van der Waals surface area (Å²) in [6, 6.07) is 0. The molecule has 0 saturated carbocycles. The maximum absolute atomic E-state index is 12.8. The lowest BCUT2D eigenvalue weighted by molar-refractivity contribution is 0.649. The van der Waals surface area contributed by atoms with Crippen LogP contribution in [0.2, 0.25) is 0 Å². The van der Waals surface area contributed by atoms with Crippen molar-refractivity contribution in [3.05, 3.63) is 23.6 Å². The molecule has 2 heteroatoms. The number of alkyl halides is 1. The number of halogens is 2. The molecule has 0 aliphatic carbocycles. The molecule has 0 aliphatic rings. The molecule has 0 spiro atoms. The molecule has 0 rings (SSSR count). The van der Waals surface area contributed by atoms with Crippen molar-refractivity contribution in [2.75, 3.05) is 5.33 Å². The van der Waals surface area contributed by atoms with Crippen LogP contribution in [-0.4, -0.2) is 5.33 Å². The quantitative estimate of drug-likeness (QED) is 0.490. The van der Waals surface area contributed by atoms with Gasteiger partial charge in [-0.15, -0.1) is 0 Å². The van der Waals surface area contributed by atoms with Crippen LogP contribution in [0.3, 0.4) is 0 Å². The highest BCUT2D eigenvalue weighted by molar-refractivity contribution is 9.09. The zero-order valence-corrected chi connectivity index (χ0v) is 7.91. The summed E-state index contributed by atoms with van der Waals surface area (Å²) in [6.45, 7) is 3.75. The zero-order valence-electron chi connectivity index (χ0n) is 6.32. The maximum Gasteiger partial charge on any atom is 0.122 e. The molecule has 0 unspecified atom stereocenters. The van der Waals surface area contributed by atoms with Gasteiger partial charge in [0, 0.05) is 5.33 Å². The first-order valence-electron chi connectivity index (χ1n) is 3.32. The van der Waals surface area contributed by atoms with Crippen LogP contribution in [-0.2, 0) is 0 Å². The van der Waals surface area contributed by atoms with Gasteiger partial charge < -0.3 is 0 Å². The fourth-order valence-electron chi connectivity index (χ4n) is 0.591. The molecule has 0 heterocycles. The van der Waals surface area contributed by atoms with E-state index in [1.807, 2.05) is 6.92 Å². The van der Waals surface area contributed by atoms with Crippen molar-refractivity contribution < 1.29 is 4.39 Å². The van der Waals surface area contributed by atoms with Gasteiger partial charge in [-0.25, -0.2) is 4.39 Å². The van der Waals surface area contributed by atoms with Gasteiger partial charge in [-0.3, -0.25) is 0 Å². The van der Waals surface area contributed by atoms with Crippen molar-refractivity contribution in [1.82, 2.24) is 0 Å². The minimum atomic E-state index is -0.109. The SMILES string of the molecule is C/C=C\C(F)=C(/CC)CBr. The van der Waals surface area contributed by atoms with E-state index in [4.69, 9.17) is 0 Å². The van der Waals surface area contributed by atoms with E-state index in [0.717, 1.165) is 12.0 Å². The summed E-state index contributed by atoms with van der Waals surface area (Å²) >= 11 is 3.21. The van der Waals surface area contributed by atoms with Crippen LogP contribution in [0.15, 0.2) is 23.6 Å². The van der Waals surface area contributed by atoms with Gasteiger partial charge in [0.15, 0.2) is 0 Å². The molecule has 0 atom stereocenters. The van der Waals surface area contributed by atoms with Gasteiger partial charge in [-0.05, 0) is 25.0 Å². The molecule has 0 N–H and O–H groups in total. The van der Waals surface area contributed by atoms with E-state index in [-0.39, 0.29) is 5.83 Å². The Morgan fingerprint density at radius 1 is 1.60 bits per heavy atom. The molecule has 0 aliphatic heterocycles. The molecular weight excluding hydrogens is 195 g/mol. The van der Waals surface area contributed by atoms with Gasteiger partial charge >= 0.3 is 0 Å². The number of rotatable bonds is 3. The van der Waals surface area contributed by atoms with Crippen LogP contribution in [0, 0.1) is 0 Å². The van der Waals surface area contributed by atoms with Gasteiger partial charge in [0.05, 0.1) is 0 Å². The lowest BCUT2D eigenvalue weighted by Gasteiger charge is -1.97. The predicted molar refractivity (Wildman–Crippen MR) is 47.0 cm³/mol. The van der Waals surface area contributed by atoms with Gasteiger partial charge in [-0.2, -0.15) is 0 Å². The van der Waals surface area contributed by atoms with E-state index in [1.165, 1.54) is 6.08 Å². The summed E-state index contributed by atoms with van der Waals surface area (Å²) in [5, 5.41) is 0.625. The summed E-state index contributed by atoms with van der Waals surface area (Å²) < 4.78 is 12.8. The first kappa shape index (κ1) is 9.89. The van der Waals surface area contributed by atoms with Crippen LogP contribution in [0.4, 0.5) is 4.39 Å². The standard InChI is InChI=1S/C8H12BrF/c1-3-5-8(10)7(4-2)6-9/h3,5H,4,6H2,1-2H3/b5-3-,8-7-. The average Bonchev–Trinajstić information content (AvgIpc) is 1.91. The van der Waals surface area contributed by atoms with Crippen molar-refractivity contribution >= 4 is 15.9 Å². The van der Waals surface area contributed by atoms with Gasteiger partial charge in [0.1, 0.15) is 5.83 Å². The zero-order chi connectivity index (χ0) is 7.98. The topological polar surface area (TPSA) is 0 Å². The molecule has 0 aromatic carbocycles. The second kappa shape index (κ2) is 5.66. The first-order valence-corrected chi connectivity index (χ1v) is 4.44. The number of hydrogen-bond donors (Lipinski definition) is 0. The van der Waals surface area contributed by atoms with Crippen LogP contribution >= 0.6 is 15.9 Å². The first-order chi connectivity index (χ1) is 4.76. The van der Waals surface area contributed by atoms with E-state index >= 15 is 0 Å². The van der Waals surface area contributed by atoms with Gasteiger partial charge in [0.25, 0.3) is 0 Å². The highest BCUT2D eigenvalue weighted by Gasteiger charge is 1.97. The number of allylic oxidation sites excluding steroid dienone is 4. The molecule has 0 fully saturated rings. The summed E-state index contributed by atoms with van der Waals surface area (Å²) in [4.78, 5) is 0. The third-order valence-electron chi connectivity index (χ3n) is 1.24. The lowest BCUT2D eigenvalue weighted by atomic mass is 10.2. The third-order valence-corrected chi connectivity index (χ3v) is 1.92. The monoisotopic (exact) mass is 206 g/mol. The fraction of sp³-hybridized carbons (Fsp3) is 0.500. The summed E-state index contributed by atoms with van der Waals surface area (Å²) in [5.41, 5.74) is 0.818. The molecule has 0 aromatic rings. The smallest absolute Gasteiger partial charge is 0.122 e. The van der Waals surface area contributed by atoms with Gasteiger partial charge in [-0.1, -0.05) is 28.9 Å². The second-order valence-electron chi connectivity index (χ2n) is 1.94. The van der Waals surface area contributed by atoms with E-state index in [2.05, 4.69) is 15.9 Å². The van der Waals surface area contributed by atoms with Crippen molar-refractivity contribution in [3.8, 4) is 0 Å². The van der Waals surface area contributed by atoms with Crippen LogP contribution < -0.4 is 0 Å². The Balaban J connectivity index is 4.27. The fourth-order valence-corrected chi connectivity index (χ4v) is 1.26. The lowest BCUT2D eigenvalue weighted by Crippen LogP contribution is -1.84. The Hall–Kier alpha value is -0.110. The predicted octanol–water partition coefficient (Wildman–Crippen LogP) is 3.59. The normalized spacial score (nSPS) is 14.0. The van der Waals surface area contributed by atoms with Gasteiger partial charge in [0.2, 0.25) is 0 Å². The second-order valence-corrected chi connectivity index (χ2v) is 2.50. The van der Waals surface area contributed by atoms with Crippen LogP contribution in [0.25, 0.3) is 0 Å². The van der Waals surface area contributed by atoms with Crippen LogP contribution in [0.5, 0.6) is 0 Å². The highest BCUT2D eigenvalue weighted by Crippen LogP contribution is 2.13. The van der Waals surface area contributed by atoms with Crippen LogP contribution in [0.1, 0.15) is 20.3 Å². The van der Waals surface area contributed by atoms with Crippen molar-refractivity contribution in [2.45, 2.75) is 20.3 Å². The Bertz CT molecular complexity index is 141. The minimum Gasteiger partial charge on any atom is -0.207 e. The summed E-state index contributed by atoms with van der Waals surface area (Å²) in [6.07, 6.45) is 3.95. The van der Waals surface area contributed by atoms with Crippen molar-refractivity contribution in [1.29, 1.82) is 0 Å². The Morgan fingerprint density at radius 3 is 2.50 bits per heavy atom. The summed E-state index contributed by atoms with van der Waals surface area (Å²) in [7, 11) is 0. The Labute approximate surface area is 69.9 Å². The molecule has 0 amide bonds. The largest absolute Gasteiger partial charge is 0.207 e. The molecule has 58 valence electrons.